The van der Waals surface area contributed by atoms with Crippen molar-refractivity contribution in [3.63, 3.8) is 0 Å². The predicted octanol–water partition coefficient (Wildman–Crippen LogP) is 1.02. The molecular formula is C18H27N5O2. The summed E-state index contributed by atoms with van der Waals surface area (Å²) < 4.78 is 1.63. The van der Waals surface area contributed by atoms with Crippen LogP contribution in [0.4, 0.5) is 0 Å². The Morgan fingerprint density at radius 2 is 2.16 bits per heavy atom. The number of likely N-dealkylation sites (tertiary alicyclic amines) is 1. The first-order valence-electron chi connectivity index (χ1n) is 8.97. The van der Waals surface area contributed by atoms with E-state index < -0.39 is 0 Å². The summed E-state index contributed by atoms with van der Waals surface area (Å²) in [5.41, 5.74) is 2.97. The molecule has 3 rings (SSSR count). The number of amides is 1. The van der Waals surface area contributed by atoms with Crippen LogP contribution in [0.2, 0.25) is 0 Å². The Morgan fingerprint density at radius 1 is 1.40 bits per heavy atom. The first-order chi connectivity index (χ1) is 11.9. The third kappa shape index (κ3) is 3.46. The molecule has 7 nitrogen and oxygen atoms in total. The van der Waals surface area contributed by atoms with Crippen LogP contribution in [0.15, 0.2) is 4.79 Å². The van der Waals surface area contributed by atoms with Crippen molar-refractivity contribution in [1.29, 1.82) is 0 Å². The van der Waals surface area contributed by atoms with Gasteiger partial charge in [-0.25, -0.2) is 4.98 Å². The van der Waals surface area contributed by atoms with E-state index in [0.29, 0.717) is 11.0 Å². The molecule has 1 saturated heterocycles. The maximum atomic E-state index is 12.6. The number of hydrogen-bond acceptors (Lipinski definition) is 4. The zero-order valence-electron chi connectivity index (χ0n) is 15.5. The van der Waals surface area contributed by atoms with Crippen LogP contribution in [0.25, 0.3) is 11.0 Å². The minimum atomic E-state index is -0.157. The van der Waals surface area contributed by atoms with E-state index in [2.05, 4.69) is 27.2 Å². The Kier molecular flexibility index (Phi) is 4.94. The fraction of sp³-hybridized carbons (Fsp3) is 0.611. The van der Waals surface area contributed by atoms with Gasteiger partial charge in [0, 0.05) is 25.3 Å². The van der Waals surface area contributed by atoms with Crippen molar-refractivity contribution in [2.45, 2.75) is 46.1 Å². The third-order valence-corrected chi connectivity index (χ3v) is 5.23. The van der Waals surface area contributed by atoms with Gasteiger partial charge in [0.05, 0.1) is 11.8 Å². The molecule has 1 atom stereocenters. The highest BCUT2D eigenvalue weighted by molar-refractivity contribution is 5.84. The average Bonchev–Trinajstić information content (AvgIpc) is 2.85. The Bertz CT molecular complexity index is 851. The molecule has 1 amide bonds. The van der Waals surface area contributed by atoms with Crippen molar-refractivity contribution in [1.82, 2.24) is 25.0 Å². The lowest BCUT2D eigenvalue weighted by atomic mass is 10.0. The van der Waals surface area contributed by atoms with Gasteiger partial charge in [0.2, 0.25) is 5.91 Å². The van der Waals surface area contributed by atoms with Crippen molar-refractivity contribution in [3.05, 3.63) is 27.2 Å². The highest BCUT2D eigenvalue weighted by Gasteiger charge is 2.22. The van der Waals surface area contributed by atoms with E-state index in [4.69, 9.17) is 0 Å². The number of H-pyrrole nitrogens is 1. The lowest BCUT2D eigenvalue weighted by molar-refractivity contribution is -0.121. The van der Waals surface area contributed by atoms with Crippen molar-refractivity contribution in [3.8, 4) is 0 Å². The quantitative estimate of drug-likeness (QED) is 0.867. The maximum Gasteiger partial charge on any atom is 0.273 e. The molecule has 136 valence electrons. The second-order valence-electron chi connectivity index (χ2n) is 6.98. The molecule has 1 fully saturated rings. The van der Waals surface area contributed by atoms with Gasteiger partial charge in [0.25, 0.3) is 5.56 Å². The predicted molar refractivity (Wildman–Crippen MR) is 97.8 cm³/mol. The fourth-order valence-corrected chi connectivity index (χ4v) is 3.81. The largest absolute Gasteiger partial charge is 0.352 e. The average molecular weight is 345 g/mol. The van der Waals surface area contributed by atoms with E-state index in [0.717, 1.165) is 49.3 Å². The number of aromatic amines is 1. The number of likely N-dealkylation sites (N-methyl/N-ethyl adjacent to an activating group) is 1. The lowest BCUT2D eigenvalue weighted by Gasteiger charge is -2.32. The molecule has 1 aliphatic heterocycles. The van der Waals surface area contributed by atoms with Gasteiger partial charge in [-0.15, -0.1) is 0 Å². The van der Waals surface area contributed by atoms with Gasteiger partial charge < -0.3 is 10.2 Å². The van der Waals surface area contributed by atoms with Gasteiger partial charge in [0.15, 0.2) is 5.65 Å². The van der Waals surface area contributed by atoms with Crippen molar-refractivity contribution in [2.75, 3.05) is 19.6 Å². The van der Waals surface area contributed by atoms with E-state index in [1.54, 1.807) is 11.7 Å². The number of pyridine rings is 1. The van der Waals surface area contributed by atoms with Crippen LogP contribution in [0.1, 0.15) is 36.6 Å². The van der Waals surface area contributed by atoms with Gasteiger partial charge in [0.1, 0.15) is 0 Å². The van der Waals surface area contributed by atoms with Crippen LogP contribution >= 0.6 is 0 Å². The number of nitrogens with zero attached hydrogens (tertiary/aromatic N) is 3. The van der Waals surface area contributed by atoms with Crippen LogP contribution in [0, 0.1) is 13.8 Å². The molecule has 0 unspecified atom stereocenters. The van der Waals surface area contributed by atoms with Gasteiger partial charge in [-0.1, -0.05) is 6.92 Å². The van der Waals surface area contributed by atoms with Gasteiger partial charge in [-0.2, -0.15) is 0 Å². The summed E-state index contributed by atoms with van der Waals surface area (Å²) in [6.45, 7) is 8.98. The number of carbonyl (C=O) groups excluding carboxylic acids is 1. The molecule has 0 spiro atoms. The van der Waals surface area contributed by atoms with E-state index in [-0.39, 0.29) is 23.9 Å². The van der Waals surface area contributed by atoms with Crippen LogP contribution < -0.4 is 10.9 Å². The van der Waals surface area contributed by atoms with Crippen LogP contribution in [0.5, 0.6) is 0 Å². The monoisotopic (exact) mass is 345 g/mol. The second-order valence-corrected chi connectivity index (χ2v) is 6.98. The molecular weight excluding hydrogens is 318 g/mol. The summed E-state index contributed by atoms with van der Waals surface area (Å²) in [5.74, 6) is 0.00247. The van der Waals surface area contributed by atoms with Crippen molar-refractivity contribution < 1.29 is 4.79 Å². The van der Waals surface area contributed by atoms with Gasteiger partial charge in [-0.05, 0) is 50.9 Å². The smallest absolute Gasteiger partial charge is 0.273 e. The van der Waals surface area contributed by atoms with E-state index >= 15 is 0 Å². The number of nitrogens with one attached hydrogen (secondary N) is 2. The van der Waals surface area contributed by atoms with E-state index in [1.807, 2.05) is 13.8 Å². The second kappa shape index (κ2) is 7.00. The molecule has 0 bridgehead atoms. The SMILES string of the molecule is CCN1CCC[C@H](NC(=O)Cc2c(C)nc3c(c2C)c(=O)[nH]n3C)C1. The first-order valence-corrected chi connectivity index (χ1v) is 8.97. The van der Waals surface area contributed by atoms with Gasteiger partial charge in [-0.3, -0.25) is 19.4 Å². The number of aromatic nitrogens is 3. The summed E-state index contributed by atoms with van der Waals surface area (Å²) >= 11 is 0. The highest BCUT2D eigenvalue weighted by atomic mass is 16.1. The zero-order valence-corrected chi connectivity index (χ0v) is 15.5. The molecule has 0 aliphatic carbocycles. The maximum absolute atomic E-state index is 12.6. The number of carbonyl (C=O) groups is 1. The topological polar surface area (TPSA) is 83.0 Å². The highest BCUT2D eigenvalue weighted by Crippen LogP contribution is 2.20. The molecule has 7 heteroatoms. The molecule has 2 aromatic rings. The van der Waals surface area contributed by atoms with Crippen LogP contribution in [-0.2, 0) is 18.3 Å². The molecule has 0 aromatic carbocycles. The Labute approximate surface area is 147 Å². The number of piperidine rings is 1. The minimum Gasteiger partial charge on any atom is -0.352 e. The van der Waals surface area contributed by atoms with Gasteiger partial charge >= 0.3 is 0 Å². The molecule has 0 saturated carbocycles. The lowest BCUT2D eigenvalue weighted by Crippen LogP contribution is -2.48. The summed E-state index contributed by atoms with van der Waals surface area (Å²) in [6.07, 6.45) is 2.40. The molecule has 3 heterocycles. The number of hydrogen-bond donors (Lipinski definition) is 2. The summed E-state index contributed by atoms with van der Waals surface area (Å²) in [5, 5.41) is 6.46. The zero-order chi connectivity index (χ0) is 18.1. The third-order valence-electron chi connectivity index (χ3n) is 5.23. The Balaban J connectivity index is 1.79. The van der Waals surface area contributed by atoms with E-state index in [1.165, 1.54) is 0 Å². The fourth-order valence-electron chi connectivity index (χ4n) is 3.81. The Hall–Kier alpha value is -2.15. The standard InChI is InChI=1S/C18H27N5O2/c1-5-23-8-6-7-13(10-23)20-15(24)9-14-11(2)16-17(19-12(14)3)22(4)21-18(16)25/h13H,5-10H2,1-4H3,(H,20,24)(H,21,25)/t13-/m0/s1. The molecule has 2 N–H and O–H groups in total. The van der Waals surface area contributed by atoms with Crippen molar-refractivity contribution >= 4 is 16.9 Å². The molecule has 0 radical (unpaired) electrons. The molecule has 25 heavy (non-hydrogen) atoms. The number of fused-ring (bicyclic) bond motifs is 1. The normalized spacial score (nSPS) is 18.6. The number of aryl methyl sites for hydroxylation is 3. The summed E-state index contributed by atoms with van der Waals surface area (Å²) in [6, 6.07) is 0.207. The molecule has 1 aliphatic rings. The summed E-state index contributed by atoms with van der Waals surface area (Å²) in [7, 11) is 1.77. The number of rotatable bonds is 4. The molecule has 2 aromatic heterocycles. The van der Waals surface area contributed by atoms with E-state index in [9.17, 15) is 9.59 Å². The first kappa shape index (κ1) is 17.7. The van der Waals surface area contributed by atoms with Crippen molar-refractivity contribution in [2.24, 2.45) is 7.05 Å². The van der Waals surface area contributed by atoms with Crippen LogP contribution in [0.3, 0.4) is 0 Å². The summed E-state index contributed by atoms with van der Waals surface area (Å²) in [4.78, 5) is 31.6. The van der Waals surface area contributed by atoms with Crippen LogP contribution in [-0.4, -0.2) is 51.2 Å². The minimum absolute atomic E-state index is 0.00247. The Morgan fingerprint density at radius 3 is 2.88 bits per heavy atom.